The number of nitrogens with one attached hydrogen (secondary N) is 1. The lowest BCUT2D eigenvalue weighted by Gasteiger charge is -2.21. The van der Waals surface area contributed by atoms with E-state index >= 15 is 0 Å². The Morgan fingerprint density at radius 1 is 1.30 bits per heavy atom. The maximum atomic E-state index is 13.3. The third kappa shape index (κ3) is 3.83. The Labute approximate surface area is 133 Å². The number of hydrogen-bond donors (Lipinski definition) is 1. The molecule has 0 aromatic carbocycles. The normalized spacial score (nSPS) is 20.7. The Morgan fingerprint density at radius 2 is 2.09 bits per heavy atom. The summed E-state index contributed by atoms with van der Waals surface area (Å²) in [7, 11) is 0. The standard InChI is InChI=1S/C16H20F2N4O/c1-15(2,3)21-11-4-5-12(19-9-11)13-20-14(23-22-13)10-6-7-16(17,18)8-10/h4-5,9-10,21H,6-8H2,1-3H3. The van der Waals surface area contributed by atoms with Crippen LogP contribution in [0.25, 0.3) is 11.5 Å². The molecule has 23 heavy (non-hydrogen) atoms. The lowest BCUT2D eigenvalue weighted by Crippen LogP contribution is -2.26. The molecule has 0 radical (unpaired) electrons. The minimum atomic E-state index is -2.63. The third-order valence-corrected chi connectivity index (χ3v) is 3.71. The molecule has 0 aliphatic heterocycles. The van der Waals surface area contributed by atoms with Crippen molar-refractivity contribution in [2.75, 3.05) is 5.32 Å². The van der Waals surface area contributed by atoms with Crippen LogP contribution >= 0.6 is 0 Å². The quantitative estimate of drug-likeness (QED) is 0.915. The van der Waals surface area contributed by atoms with Crippen LogP contribution in [0.1, 0.15) is 51.8 Å². The van der Waals surface area contributed by atoms with Gasteiger partial charge in [0.25, 0.3) is 0 Å². The summed E-state index contributed by atoms with van der Waals surface area (Å²) in [6.45, 7) is 6.18. The fourth-order valence-electron chi connectivity index (χ4n) is 2.70. The first-order valence-electron chi connectivity index (χ1n) is 7.68. The van der Waals surface area contributed by atoms with Crippen molar-refractivity contribution >= 4 is 5.69 Å². The summed E-state index contributed by atoms with van der Waals surface area (Å²) in [5.41, 5.74) is 1.39. The SMILES string of the molecule is CC(C)(C)Nc1ccc(-c2noc(C3CCC(F)(F)C3)n2)nc1. The summed E-state index contributed by atoms with van der Waals surface area (Å²) in [5.74, 6) is -2.39. The smallest absolute Gasteiger partial charge is 0.248 e. The summed E-state index contributed by atoms with van der Waals surface area (Å²) in [5, 5.41) is 7.18. The Bertz CT molecular complexity index is 676. The molecule has 0 saturated heterocycles. The molecular weight excluding hydrogens is 302 g/mol. The monoisotopic (exact) mass is 322 g/mol. The van der Waals surface area contributed by atoms with Gasteiger partial charge < -0.3 is 9.84 Å². The number of anilines is 1. The van der Waals surface area contributed by atoms with E-state index in [9.17, 15) is 8.78 Å². The van der Waals surface area contributed by atoms with Crippen LogP contribution in [-0.4, -0.2) is 26.6 Å². The van der Waals surface area contributed by atoms with E-state index < -0.39 is 5.92 Å². The van der Waals surface area contributed by atoms with Crippen LogP contribution in [0.5, 0.6) is 0 Å². The number of aromatic nitrogens is 3. The average Bonchev–Trinajstić information content (AvgIpc) is 3.04. The summed E-state index contributed by atoms with van der Waals surface area (Å²) >= 11 is 0. The Balaban J connectivity index is 1.73. The van der Waals surface area contributed by atoms with Gasteiger partial charge in [0.1, 0.15) is 5.69 Å². The molecule has 1 aliphatic rings. The van der Waals surface area contributed by atoms with Gasteiger partial charge in [-0.2, -0.15) is 4.98 Å². The number of nitrogens with zero attached hydrogens (tertiary/aromatic N) is 3. The predicted molar refractivity (Wildman–Crippen MR) is 82.4 cm³/mol. The van der Waals surface area contributed by atoms with Crippen LogP contribution in [-0.2, 0) is 0 Å². The molecule has 1 fully saturated rings. The van der Waals surface area contributed by atoms with Gasteiger partial charge in [0.15, 0.2) is 0 Å². The van der Waals surface area contributed by atoms with Gasteiger partial charge in [-0.1, -0.05) is 5.16 Å². The van der Waals surface area contributed by atoms with Gasteiger partial charge in [-0.05, 0) is 39.3 Å². The molecule has 7 heteroatoms. The average molecular weight is 322 g/mol. The van der Waals surface area contributed by atoms with E-state index in [4.69, 9.17) is 4.52 Å². The second-order valence-corrected chi connectivity index (χ2v) is 7.06. The van der Waals surface area contributed by atoms with Crippen molar-refractivity contribution in [2.24, 2.45) is 0 Å². The van der Waals surface area contributed by atoms with Gasteiger partial charge in [0.05, 0.1) is 11.9 Å². The van der Waals surface area contributed by atoms with Gasteiger partial charge in [-0.3, -0.25) is 4.98 Å². The van der Waals surface area contributed by atoms with Crippen molar-refractivity contribution in [2.45, 2.75) is 57.4 Å². The van der Waals surface area contributed by atoms with E-state index in [-0.39, 0.29) is 30.2 Å². The number of halogens is 2. The highest BCUT2D eigenvalue weighted by atomic mass is 19.3. The number of hydrogen-bond acceptors (Lipinski definition) is 5. The zero-order chi connectivity index (χ0) is 16.7. The van der Waals surface area contributed by atoms with Gasteiger partial charge in [0.2, 0.25) is 17.6 Å². The highest BCUT2D eigenvalue weighted by molar-refractivity contribution is 5.53. The summed E-state index contributed by atoms with van der Waals surface area (Å²) in [4.78, 5) is 8.54. The Hall–Kier alpha value is -2.05. The van der Waals surface area contributed by atoms with E-state index in [1.807, 2.05) is 6.07 Å². The highest BCUT2D eigenvalue weighted by Crippen LogP contribution is 2.43. The Morgan fingerprint density at radius 3 is 2.65 bits per heavy atom. The predicted octanol–water partition coefficient (Wildman–Crippen LogP) is 4.24. The Kier molecular flexibility index (Phi) is 3.82. The second kappa shape index (κ2) is 5.54. The summed E-state index contributed by atoms with van der Waals surface area (Å²) in [6, 6.07) is 3.67. The van der Waals surface area contributed by atoms with Crippen molar-refractivity contribution < 1.29 is 13.3 Å². The molecule has 2 aromatic rings. The van der Waals surface area contributed by atoms with Crippen molar-refractivity contribution in [3.05, 3.63) is 24.2 Å². The van der Waals surface area contributed by atoms with E-state index in [0.29, 0.717) is 17.9 Å². The van der Waals surface area contributed by atoms with Crippen molar-refractivity contribution in [3.63, 3.8) is 0 Å². The lowest BCUT2D eigenvalue weighted by molar-refractivity contribution is 0.00690. The molecule has 2 heterocycles. The molecule has 2 aromatic heterocycles. The highest BCUT2D eigenvalue weighted by Gasteiger charge is 2.42. The zero-order valence-electron chi connectivity index (χ0n) is 13.4. The molecule has 0 bridgehead atoms. The van der Waals surface area contributed by atoms with E-state index in [2.05, 4.69) is 41.2 Å². The van der Waals surface area contributed by atoms with Crippen LogP contribution in [0, 0.1) is 0 Å². The van der Waals surface area contributed by atoms with Crippen LogP contribution in [0.2, 0.25) is 0 Å². The molecule has 1 saturated carbocycles. The first kappa shape index (κ1) is 15.8. The summed E-state index contributed by atoms with van der Waals surface area (Å²) < 4.78 is 31.7. The molecule has 1 atom stereocenters. The van der Waals surface area contributed by atoms with Crippen LogP contribution in [0.15, 0.2) is 22.9 Å². The van der Waals surface area contributed by atoms with Gasteiger partial charge in [-0.15, -0.1) is 0 Å². The number of pyridine rings is 1. The molecule has 124 valence electrons. The van der Waals surface area contributed by atoms with E-state index in [1.165, 1.54) is 0 Å². The van der Waals surface area contributed by atoms with Crippen LogP contribution < -0.4 is 5.32 Å². The lowest BCUT2D eigenvalue weighted by atomic mass is 10.1. The number of alkyl halides is 2. The molecule has 1 unspecified atom stereocenters. The maximum Gasteiger partial charge on any atom is 0.248 e. The van der Waals surface area contributed by atoms with E-state index in [1.54, 1.807) is 12.3 Å². The van der Waals surface area contributed by atoms with Crippen molar-refractivity contribution in [3.8, 4) is 11.5 Å². The second-order valence-electron chi connectivity index (χ2n) is 7.06. The molecule has 0 amide bonds. The molecular formula is C16H20F2N4O. The minimum absolute atomic E-state index is 0.0593. The van der Waals surface area contributed by atoms with Gasteiger partial charge in [0, 0.05) is 24.3 Å². The summed E-state index contributed by atoms with van der Waals surface area (Å²) in [6.07, 6.45) is 1.72. The van der Waals surface area contributed by atoms with Crippen molar-refractivity contribution in [1.82, 2.24) is 15.1 Å². The molecule has 1 aliphatic carbocycles. The molecule has 5 nitrogen and oxygen atoms in total. The fourth-order valence-corrected chi connectivity index (χ4v) is 2.70. The first-order chi connectivity index (χ1) is 10.7. The maximum absolute atomic E-state index is 13.3. The van der Waals surface area contributed by atoms with E-state index in [0.717, 1.165) is 5.69 Å². The molecule has 3 rings (SSSR count). The minimum Gasteiger partial charge on any atom is -0.379 e. The third-order valence-electron chi connectivity index (χ3n) is 3.71. The van der Waals surface area contributed by atoms with Gasteiger partial charge >= 0.3 is 0 Å². The van der Waals surface area contributed by atoms with Crippen molar-refractivity contribution in [1.29, 1.82) is 0 Å². The van der Waals surface area contributed by atoms with Gasteiger partial charge in [-0.25, -0.2) is 8.78 Å². The molecule has 0 spiro atoms. The van der Waals surface area contributed by atoms with Crippen LogP contribution in [0.3, 0.4) is 0 Å². The largest absolute Gasteiger partial charge is 0.379 e. The fraction of sp³-hybridized carbons (Fsp3) is 0.562. The number of rotatable bonds is 3. The zero-order valence-corrected chi connectivity index (χ0v) is 13.4. The first-order valence-corrected chi connectivity index (χ1v) is 7.68. The van der Waals surface area contributed by atoms with Crippen LogP contribution in [0.4, 0.5) is 14.5 Å². The molecule has 1 N–H and O–H groups in total. The topological polar surface area (TPSA) is 63.8 Å².